The minimum atomic E-state index is -0.745. The van der Waals surface area contributed by atoms with Gasteiger partial charge in [-0.2, -0.15) is 11.1 Å². The SMILES string of the molecule is CC1=[C-]C(C)(C)C(C)=C1C.CCC(=O)O.CCC(=O)O.[Cl-].[Ti+2]. The van der Waals surface area contributed by atoms with Gasteiger partial charge in [0.05, 0.1) is 0 Å². The first kappa shape index (κ1) is 29.4. The molecule has 22 heavy (non-hydrogen) atoms. The predicted octanol–water partition coefficient (Wildman–Crippen LogP) is 1.08. The second kappa shape index (κ2) is 14.0. The molecule has 0 amide bonds. The van der Waals surface area contributed by atoms with Crippen molar-refractivity contribution in [2.24, 2.45) is 5.41 Å². The van der Waals surface area contributed by atoms with E-state index in [1.807, 2.05) is 0 Å². The molecule has 0 aromatic heterocycles. The van der Waals surface area contributed by atoms with Crippen LogP contribution in [0.1, 0.15) is 61.3 Å². The number of halogens is 1. The third-order valence-electron chi connectivity index (χ3n) is 3.17. The van der Waals surface area contributed by atoms with Gasteiger partial charge < -0.3 is 22.6 Å². The zero-order valence-corrected chi connectivity index (χ0v) is 16.8. The molecule has 0 bridgehead atoms. The molecule has 1 aliphatic rings. The second-order valence-corrected chi connectivity index (χ2v) is 5.12. The van der Waals surface area contributed by atoms with Crippen LogP contribution in [0.5, 0.6) is 0 Å². The molecule has 1 rings (SSSR count). The summed E-state index contributed by atoms with van der Waals surface area (Å²) < 4.78 is 0. The molecule has 0 atom stereocenters. The van der Waals surface area contributed by atoms with Crippen LogP contribution >= 0.6 is 0 Å². The minimum Gasteiger partial charge on any atom is -1.00 e. The Morgan fingerprint density at radius 3 is 1.32 bits per heavy atom. The summed E-state index contributed by atoms with van der Waals surface area (Å²) in [6.07, 6.45) is 3.88. The van der Waals surface area contributed by atoms with E-state index in [9.17, 15) is 9.59 Å². The molecule has 0 radical (unpaired) electrons. The average molecular weight is 367 g/mol. The summed E-state index contributed by atoms with van der Waals surface area (Å²) in [5.41, 5.74) is 4.39. The summed E-state index contributed by atoms with van der Waals surface area (Å²) in [7, 11) is 0. The molecule has 0 spiro atoms. The number of hydrogen-bond donors (Lipinski definition) is 2. The van der Waals surface area contributed by atoms with Gasteiger partial charge in [-0.15, -0.1) is 6.92 Å². The molecule has 4 nitrogen and oxygen atoms in total. The number of rotatable bonds is 2. The van der Waals surface area contributed by atoms with Crippen LogP contribution in [0.4, 0.5) is 0 Å². The number of aliphatic carboxylic acids is 2. The largest absolute Gasteiger partial charge is 2.00 e. The fourth-order valence-electron chi connectivity index (χ4n) is 1.41. The Hall–Kier alpha value is -0.576. The van der Waals surface area contributed by atoms with E-state index in [1.165, 1.54) is 16.7 Å². The van der Waals surface area contributed by atoms with Gasteiger partial charge in [0.2, 0.25) is 0 Å². The molecule has 0 heterocycles. The Morgan fingerprint density at radius 2 is 1.27 bits per heavy atom. The van der Waals surface area contributed by atoms with Crippen LogP contribution in [-0.4, -0.2) is 22.2 Å². The summed E-state index contributed by atoms with van der Waals surface area (Å²) >= 11 is 0. The molecule has 6 heteroatoms. The van der Waals surface area contributed by atoms with Gasteiger partial charge in [-0.25, -0.2) is 5.57 Å². The molecule has 0 aliphatic heterocycles. The third-order valence-corrected chi connectivity index (χ3v) is 3.17. The van der Waals surface area contributed by atoms with E-state index in [-0.39, 0.29) is 52.4 Å². The fraction of sp³-hybridized carbons (Fsp3) is 0.625. The Balaban J connectivity index is -0.000000117. The van der Waals surface area contributed by atoms with Crippen LogP contribution in [0.15, 0.2) is 16.7 Å². The number of carboxylic acid groups (broad SMARTS) is 2. The molecule has 0 unspecified atom stereocenters. The van der Waals surface area contributed by atoms with E-state index in [0.717, 1.165) is 0 Å². The Kier molecular flexibility index (Phi) is 18.8. The van der Waals surface area contributed by atoms with Crippen molar-refractivity contribution >= 4 is 11.9 Å². The predicted molar refractivity (Wildman–Crippen MR) is 80.4 cm³/mol. The van der Waals surface area contributed by atoms with Gasteiger partial charge in [0.15, 0.2) is 0 Å². The number of carboxylic acids is 2. The summed E-state index contributed by atoms with van der Waals surface area (Å²) in [6.45, 7) is 14.1. The normalized spacial score (nSPS) is 14.0. The zero-order valence-electron chi connectivity index (χ0n) is 14.5. The Morgan fingerprint density at radius 1 is 1.00 bits per heavy atom. The first-order valence-corrected chi connectivity index (χ1v) is 6.73. The van der Waals surface area contributed by atoms with Crippen LogP contribution in [0.3, 0.4) is 0 Å². The van der Waals surface area contributed by atoms with Gasteiger partial charge in [0, 0.05) is 12.8 Å². The van der Waals surface area contributed by atoms with Crippen LogP contribution < -0.4 is 12.4 Å². The number of hydrogen-bond acceptors (Lipinski definition) is 2. The maximum absolute atomic E-state index is 9.37. The Bertz CT molecular complexity index is 398. The van der Waals surface area contributed by atoms with Crippen molar-refractivity contribution in [1.29, 1.82) is 0 Å². The number of carbonyl (C=O) groups is 2. The van der Waals surface area contributed by atoms with Crippen molar-refractivity contribution in [2.75, 3.05) is 0 Å². The Labute approximate surface area is 155 Å². The molecular formula is C16H27ClO4Ti. The monoisotopic (exact) mass is 366 g/mol. The summed E-state index contributed by atoms with van der Waals surface area (Å²) in [6, 6.07) is 0. The summed E-state index contributed by atoms with van der Waals surface area (Å²) in [5, 5.41) is 15.4. The van der Waals surface area contributed by atoms with E-state index in [1.54, 1.807) is 13.8 Å². The van der Waals surface area contributed by atoms with Gasteiger partial charge in [0.1, 0.15) is 0 Å². The molecular weight excluding hydrogens is 339 g/mol. The molecule has 0 aromatic rings. The zero-order chi connectivity index (χ0) is 16.5. The van der Waals surface area contributed by atoms with Gasteiger partial charge in [0.25, 0.3) is 0 Å². The molecule has 0 aromatic carbocycles. The van der Waals surface area contributed by atoms with Crippen LogP contribution in [-0.2, 0) is 31.3 Å². The molecule has 0 fully saturated rings. The van der Waals surface area contributed by atoms with E-state index >= 15 is 0 Å². The molecule has 0 saturated heterocycles. The second-order valence-electron chi connectivity index (χ2n) is 5.12. The van der Waals surface area contributed by atoms with Gasteiger partial charge in [-0.05, 0) is 0 Å². The van der Waals surface area contributed by atoms with E-state index in [2.05, 4.69) is 40.7 Å². The van der Waals surface area contributed by atoms with E-state index in [4.69, 9.17) is 10.2 Å². The van der Waals surface area contributed by atoms with Gasteiger partial charge >= 0.3 is 33.7 Å². The van der Waals surface area contributed by atoms with Crippen molar-refractivity contribution in [3.63, 3.8) is 0 Å². The molecule has 1 aliphatic carbocycles. The number of allylic oxidation sites excluding steroid dienone is 4. The van der Waals surface area contributed by atoms with Crippen LogP contribution in [0.2, 0.25) is 0 Å². The van der Waals surface area contributed by atoms with Crippen molar-refractivity contribution < 1.29 is 53.9 Å². The fourth-order valence-corrected chi connectivity index (χ4v) is 1.41. The maximum atomic E-state index is 9.37. The third kappa shape index (κ3) is 13.1. The van der Waals surface area contributed by atoms with Crippen LogP contribution in [0.25, 0.3) is 0 Å². The summed E-state index contributed by atoms with van der Waals surface area (Å²) in [5.74, 6) is -1.49. The quantitative estimate of drug-likeness (QED) is 0.566. The van der Waals surface area contributed by atoms with Crippen molar-refractivity contribution in [3.8, 4) is 0 Å². The topological polar surface area (TPSA) is 74.6 Å². The molecule has 2 N–H and O–H groups in total. The van der Waals surface area contributed by atoms with Crippen molar-refractivity contribution in [2.45, 2.75) is 61.3 Å². The van der Waals surface area contributed by atoms with Crippen LogP contribution in [0, 0.1) is 11.5 Å². The minimum absolute atomic E-state index is 0. The average Bonchev–Trinajstić information content (AvgIpc) is 2.53. The first-order chi connectivity index (χ1) is 8.99. The maximum Gasteiger partial charge on any atom is 2.00 e. The molecule has 0 saturated carbocycles. The van der Waals surface area contributed by atoms with E-state index < -0.39 is 11.9 Å². The van der Waals surface area contributed by atoms with Gasteiger partial charge in [-0.3, -0.25) is 15.7 Å². The van der Waals surface area contributed by atoms with E-state index in [0.29, 0.717) is 0 Å². The first-order valence-electron chi connectivity index (χ1n) is 6.73. The van der Waals surface area contributed by atoms with Crippen molar-refractivity contribution in [1.82, 2.24) is 0 Å². The summed E-state index contributed by atoms with van der Waals surface area (Å²) in [4.78, 5) is 18.7. The molecule has 126 valence electrons. The van der Waals surface area contributed by atoms with Gasteiger partial charge in [-0.1, -0.05) is 47.0 Å². The van der Waals surface area contributed by atoms with Crippen molar-refractivity contribution in [3.05, 3.63) is 22.8 Å². The smallest absolute Gasteiger partial charge is 1.00 e. The standard InChI is InChI=1S/C10H15.2C3H6O2.ClH.Ti/c1-7-6-10(4,5)9(3)8(7)2;2*1-2-3(4)5;;/h1-5H3;2*2H2,1H3,(H,4,5);1H;/q-1;;;;+2/p-1.